The number of hydrogen-bond acceptors (Lipinski definition) is 1. The van der Waals surface area contributed by atoms with Gasteiger partial charge in [0, 0.05) is 18.2 Å². The van der Waals surface area contributed by atoms with E-state index in [1.54, 1.807) is 7.05 Å². The van der Waals surface area contributed by atoms with Crippen molar-refractivity contribution in [3.63, 3.8) is 0 Å². The van der Waals surface area contributed by atoms with Crippen molar-refractivity contribution < 1.29 is 0 Å². The predicted octanol–water partition coefficient (Wildman–Crippen LogP) is 3.03. The number of benzene rings is 2. The van der Waals surface area contributed by atoms with Crippen molar-refractivity contribution in [3.05, 3.63) is 71.8 Å². The Morgan fingerprint density at radius 3 is 1.72 bits per heavy atom. The van der Waals surface area contributed by atoms with Crippen molar-refractivity contribution in [1.82, 2.24) is 5.32 Å². The van der Waals surface area contributed by atoms with E-state index in [1.807, 2.05) is 60.7 Å². The molecule has 0 aromatic heterocycles. The van der Waals surface area contributed by atoms with Crippen LogP contribution in [0.2, 0.25) is 0 Å². The van der Waals surface area contributed by atoms with Crippen LogP contribution in [0.1, 0.15) is 11.1 Å². The number of nitrogens with one attached hydrogen (secondary N) is 1. The molecule has 0 spiro atoms. The summed E-state index contributed by atoms with van der Waals surface area (Å²) in [6, 6.07) is 20.1. The molecule has 0 heterocycles. The molecule has 0 saturated heterocycles. The highest BCUT2D eigenvalue weighted by Gasteiger charge is 2.06. The van der Waals surface area contributed by atoms with Crippen molar-refractivity contribution >= 4 is 23.0 Å². The van der Waals surface area contributed by atoms with Crippen molar-refractivity contribution in [2.75, 3.05) is 7.05 Å². The van der Waals surface area contributed by atoms with Gasteiger partial charge in [-0.3, -0.25) is 0 Å². The highest BCUT2D eigenvalue weighted by atomic mass is 32.1. The van der Waals surface area contributed by atoms with Gasteiger partial charge in [-0.05, 0) is 12.2 Å². The Balaban J connectivity index is 2.49. The zero-order chi connectivity index (χ0) is 12.8. The number of hydrogen-bond donors (Lipinski definition) is 1. The summed E-state index contributed by atoms with van der Waals surface area (Å²) in [6.45, 7) is 0. The number of thiocarbonyl (C=S) groups is 1. The van der Waals surface area contributed by atoms with Gasteiger partial charge in [0.15, 0.2) is 5.11 Å². The van der Waals surface area contributed by atoms with Crippen LogP contribution >= 0.6 is 12.2 Å². The molecule has 0 radical (unpaired) electrons. The maximum atomic E-state index is 5.13. The maximum absolute atomic E-state index is 5.13. The third-order valence-corrected chi connectivity index (χ3v) is 2.82. The van der Waals surface area contributed by atoms with Crippen LogP contribution in [0.5, 0.6) is 0 Å². The van der Waals surface area contributed by atoms with Crippen LogP contribution < -0.4 is 5.32 Å². The first-order chi connectivity index (χ1) is 8.81. The summed E-state index contributed by atoms with van der Waals surface area (Å²) in [6.07, 6.45) is 0. The molecule has 0 aliphatic rings. The van der Waals surface area contributed by atoms with E-state index in [2.05, 4.69) is 10.3 Å². The Hall–Kier alpha value is -2.00. The van der Waals surface area contributed by atoms with Gasteiger partial charge in [0.05, 0.1) is 5.71 Å². The normalized spacial score (nSPS) is 9.61. The highest BCUT2D eigenvalue weighted by molar-refractivity contribution is 7.80. The minimum atomic E-state index is 0.484. The topological polar surface area (TPSA) is 24.4 Å². The Morgan fingerprint density at radius 1 is 0.889 bits per heavy atom. The van der Waals surface area contributed by atoms with E-state index in [0.717, 1.165) is 16.8 Å². The predicted molar refractivity (Wildman–Crippen MR) is 80.2 cm³/mol. The second-order valence-electron chi connectivity index (χ2n) is 3.75. The van der Waals surface area contributed by atoms with Crippen LogP contribution in [0.25, 0.3) is 0 Å². The van der Waals surface area contributed by atoms with Crippen LogP contribution in [0.15, 0.2) is 65.7 Å². The van der Waals surface area contributed by atoms with Crippen molar-refractivity contribution in [2.45, 2.75) is 0 Å². The largest absolute Gasteiger partial charge is 0.364 e. The van der Waals surface area contributed by atoms with Crippen LogP contribution in [-0.2, 0) is 0 Å². The summed E-state index contributed by atoms with van der Waals surface area (Å²) >= 11 is 5.13. The lowest BCUT2D eigenvalue weighted by atomic mass is 10.0. The number of aliphatic imine (C=N–C) groups is 1. The lowest BCUT2D eigenvalue weighted by molar-refractivity contribution is 1.18. The number of rotatable bonds is 2. The maximum Gasteiger partial charge on any atom is 0.193 e. The molecule has 2 aromatic rings. The van der Waals surface area contributed by atoms with E-state index in [-0.39, 0.29) is 0 Å². The highest BCUT2D eigenvalue weighted by Crippen LogP contribution is 2.10. The van der Waals surface area contributed by atoms with E-state index in [1.165, 1.54) is 0 Å². The van der Waals surface area contributed by atoms with Gasteiger partial charge in [-0.2, -0.15) is 0 Å². The summed E-state index contributed by atoms with van der Waals surface area (Å²) < 4.78 is 0. The van der Waals surface area contributed by atoms with E-state index in [0.29, 0.717) is 5.11 Å². The Kier molecular flexibility index (Phi) is 4.20. The second kappa shape index (κ2) is 6.07. The molecule has 3 heteroatoms. The molecule has 2 aromatic carbocycles. The zero-order valence-electron chi connectivity index (χ0n) is 10.1. The monoisotopic (exact) mass is 254 g/mol. The standard InChI is InChI=1S/C15H14N2S/c1-16-15(18)17-14(12-8-4-2-5-9-12)13-10-6-3-7-11-13/h2-11H,1H3,(H,16,18). The first kappa shape index (κ1) is 12.5. The zero-order valence-corrected chi connectivity index (χ0v) is 10.9. The van der Waals surface area contributed by atoms with E-state index < -0.39 is 0 Å². The van der Waals surface area contributed by atoms with Gasteiger partial charge in [0.25, 0.3) is 0 Å². The summed E-state index contributed by atoms with van der Waals surface area (Å²) in [5, 5.41) is 3.36. The Labute approximate surface area is 112 Å². The molecule has 0 aliphatic carbocycles. The van der Waals surface area contributed by atoms with E-state index in [4.69, 9.17) is 12.2 Å². The molecule has 18 heavy (non-hydrogen) atoms. The second-order valence-corrected chi connectivity index (χ2v) is 4.13. The molecule has 0 unspecified atom stereocenters. The van der Waals surface area contributed by atoms with Gasteiger partial charge in [0.1, 0.15) is 0 Å². The fourth-order valence-corrected chi connectivity index (χ4v) is 1.74. The van der Waals surface area contributed by atoms with Gasteiger partial charge < -0.3 is 5.32 Å². The van der Waals surface area contributed by atoms with Crippen LogP contribution in [-0.4, -0.2) is 17.9 Å². The average Bonchev–Trinajstić information content (AvgIpc) is 2.46. The van der Waals surface area contributed by atoms with Crippen molar-refractivity contribution in [2.24, 2.45) is 4.99 Å². The summed E-state index contributed by atoms with van der Waals surface area (Å²) in [5.74, 6) is 0. The molecule has 90 valence electrons. The Morgan fingerprint density at radius 2 is 1.33 bits per heavy atom. The third-order valence-electron chi connectivity index (χ3n) is 2.52. The smallest absolute Gasteiger partial charge is 0.193 e. The molecule has 0 fully saturated rings. The average molecular weight is 254 g/mol. The molecule has 0 amide bonds. The van der Waals surface area contributed by atoms with Crippen molar-refractivity contribution in [1.29, 1.82) is 0 Å². The molecule has 0 atom stereocenters. The van der Waals surface area contributed by atoms with Crippen LogP contribution in [0.3, 0.4) is 0 Å². The summed E-state index contributed by atoms with van der Waals surface area (Å²) in [4.78, 5) is 4.47. The fraction of sp³-hybridized carbons (Fsp3) is 0.0667. The van der Waals surface area contributed by atoms with Crippen molar-refractivity contribution in [3.8, 4) is 0 Å². The van der Waals surface area contributed by atoms with Gasteiger partial charge >= 0.3 is 0 Å². The first-order valence-electron chi connectivity index (χ1n) is 5.72. The molecule has 2 rings (SSSR count). The minimum Gasteiger partial charge on any atom is -0.364 e. The lowest BCUT2D eigenvalue weighted by Crippen LogP contribution is -2.16. The first-order valence-corrected chi connectivity index (χ1v) is 6.13. The molecule has 2 nitrogen and oxygen atoms in total. The molecular formula is C15H14N2S. The molecule has 0 aliphatic heterocycles. The van der Waals surface area contributed by atoms with E-state index in [9.17, 15) is 0 Å². The molecule has 0 bridgehead atoms. The van der Waals surface area contributed by atoms with Gasteiger partial charge in [0.2, 0.25) is 0 Å². The third kappa shape index (κ3) is 3.02. The number of nitrogens with zero attached hydrogens (tertiary/aromatic N) is 1. The summed E-state index contributed by atoms with van der Waals surface area (Å²) in [7, 11) is 1.78. The fourth-order valence-electron chi connectivity index (χ4n) is 1.65. The SMILES string of the molecule is CNC(=S)N=C(c1ccccc1)c1ccccc1. The van der Waals surface area contributed by atoms with E-state index >= 15 is 0 Å². The lowest BCUT2D eigenvalue weighted by Gasteiger charge is -2.07. The van der Waals surface area contributed by atoms with Crippen LogP contribution in [0.4, 0.5) is 0 Å². The van der Waals surface area contributed by atoms with Gasteiger partial charge in [-0.15, -0.1) is 0 Å². The van der Waals surface area contributed by atoms with Crippen LogP contribution in [0, 0.1) is 0 Å². The molecular weight excluding hydrogens is 240 g/mol. The quantitative estimate of drug-likeness (QED) is 0.658. The molecule has 0 saturated carbocycles. The van der Waals surface area contributed by atoms with Gasteiger partial charge in [-0.1, -0.05) is 60.7 Å². The van der Waals surface area contributed by atoms with Gasteiger partial charge in [-0.25, -0.2) is 4.99 Å². The molecule has 1 N–H and O–H groups in total. The Bertz CT molecular complexity index is 506. The summed E-state index contributed by atoms with van der Waals surface area (Å²) in [5.41, 5.74) is 3.00. The minimum absolute atomic E-state index is 0.484.